The van der Waals surface area contributed by atoms with E-state index in [1.165, 1.54) is 0 Å². The zero-order valence-electron chi connectivity index (χ0n) is 17.6. The molecule has 3 aromatic carbocycles. The molecule has 4 rings (SSSR count). The molecule has 3 N–H and O–H groups in total. The summed E-state index contributed by atoms with van der Waals surface area (Å²) in [5, 5.41) is 13.3. The number of H-pyrrole nitrogens is 1. The van der Waals surface area contributed by atoms with E-state index in [-0.39, 0.29) is 18.4 Å². The van der Waals surface area contributed by atoms with E-state index in [1.54, 1.807) is 54.0 Å². The van der Waals surface area contributed by atoms with Gasteiger partial charge in [0.15, 0.2) is 10.6 Å². The molecule has 4 aromatic rings. The number of para-hydroxylation sites is 1. The number of benzene rings is 3. The molecule has 7 nitrogen and oxygen atoms in total. The first-order valence-electron chi connectivity index (χ1n) is 10.1. The molecule has 0 bridgehead atoms. The fourth-order valence-electron chi connectivity index (χ4n) is 3.35. The number of aromatic nitrogens is 3. The van der Waals surface area contributed by atoms with Crippen molar-refractivity contribution in [2.24, 2.45) is 0 Å². The van der Waals surface area contributed by atoms with E-state index < -0.39 is 0 Å². The van der Waals surface area contributed by atoms with Crippen molar-refractivity contribution in [2.75, 3.05) is 10.6 Å². The molecule has 33 heavy (non-hydrogen) atoms. The van der Waals surface area contributed by atoms with Crippen LogP contribution in [0.5, 0.6) is 0 Å². The van der Waals surface area contributed by atoms with Crippen LogP contribution in [0.4, 0.5) is 11.4 Å². The Morgan fingerprint density at radius 3 is 2.45 bits per heavy atom. The van der Waals surface area contributed by atoms with Crippen LogP contribution in [0.1, 0.15) is 15.9 Å². The maximum atomic E-state index is 12.9. The Labute approximate surface area is 200 Å². The number of rotatable bonds is 6. The molecule has 166 valence electrons. The lowest BCUT2D eigenvalue weighted by atomic mass is 10.1. The summed E-state index contributed by atoms with van der Waals surface area (Å²) in [4.78, 5) is 25.6. The number of hydrogen-bond donors (Lipinski definition) is 3. The van der Waals surface area contributed by atoms with Crippen LogP contribution in [0.15, 0.2) is 72.8 Å². The second-order valence-electron chi connectivity index (χ2n) is 7.29. The largest absolute Gasteiger partial charge is 0.324 e. The van der Waals surface area contributed by atoms with Crippen molar-refractivity contribution in [1.82, 2.24) is 14.8 Å². The predicted molar refractivity (Wildman–Crippen MR) is 132 cm³/mol. The predicted octanol–water partition coefficient (Wildman–Crippen LogP) is 5.46. The quantitative estimate of drug-likeness (QED) is 0.321. The third-order valence-electron chi connectivity index (χ3n) is 5.05. The highest BCUT2D eigenvalue weighted by Crippen LogP contribution is 2.22. The summed E-state index contributed by atoms with van der Waals surface area (Å²) in [5.41, 5.74) is 3.14. The fraction of sp³-hybridized carbons (Fsp3) is 0.0833. The molecule has 0 spiro atoms. The van der Waals surface area contributed by atoms with Gasteiger partial charge >= 0.3 is 0 Å². The van der Waals surface area contributed by atoms with Crippen molar-refractivity contribution in [3.05, 3.63) is 93.7 Å². The number of nitrogens with zero attached hydrogens (tertiary/aromatic N) is 2. The molecule has 0 saturated heterocycles. The Kier molecular flexibility index (Phi) is 6.67. The first kappa shape index (κ1) is 22.4. The van der Waals surface area contributed by atoms with Crippen LogP contribution < -0.4 is 10.6 Å². The Morgan fingerprint density at radius 1 is 1.00 bits per heavy atom. The van der Waals surface area contributed by atoms with Gasteiger partial charge in [-0.3, -0.25) is 19.3 Å². The number of aromatic amines is 1. The van der Waals surface area contributed by atoms with Crippen LogP contribution in [0, 0.1) is 11.7 Å². The van der Waals surface area contributed by atoms with Crippen LogP contribution in [-0.4, -0.2) is 26.6 Å². The molecule has 0 aliphatic heterocycles. The van der Waals surface area contributed by atoms with Gasteiger partial charge in [0.1, 0.15) is 6.54 Å². The van der Waals surface area contributed by atoms with Crippen LogP contribution in [0.25, 0.3) is 11.4 Å². The molecular weight excluding hydrogens is 458 g/mol. The van der Waals surface area contributed by atoms with Gasteiger partial charge in [0.05, 0.1) is 0 Å². The number of anilines is 2. The summed E-state index contributed by atoms with van der Waals surface area (Å²) in [5.74, 6) is -0.0252. The molecule has 0 radical (unpaired) electrons. The summed E-state index contributed by atoms with van der Waals surface area (Å²) in [6.45, 7) is 1.74. The molecule has 0 aliphatic rings. The molecule has 2 amide bonds. The standard InChI is InChI=1S/C24H20ClN5O2S/c1-15-19(23(32)26-18-6-3-2-4-7-18)8-5-9-20(15)27-21(31)14-30-22(28-29-24(30)33)16-10-12-17(25)13-11-16/h2-13H,14H2,1H3,(H,26,32)(H,27,31)(H,29,33). The van der Waals surface area contributed by atoms with Gasteiger partial charge in [0.2, 0.25) is 5.91 Å². The van der Waals surface area contributed by atoms with Gasteiger partial charge in [-0.2, -0.15) is 5.10 Å². The summed E-state index contributed by atoms with van der Waals surface area (Å²) >= 11 is 11.3. The van der Waals surface area contributed by atoms with E-state index in [9.17, 15) is 9.59 Å². The molecule has 1 heterocycles. The molecular formula is C24H20ClN5O2S. The van der Waals surface area contributed by atoms with Crippen LogP contribution in [-0.2, 0) is 11.3 Å². The van der Waals surface area contributed by atoms with E-state index >= 15 is 0 Å². The molecule has 0 fully saturated rings. The van der Waals surface area contributed by atoms with Gasteiger partial charge in [0, 0.05) is 27.5 Å². The monoisotopic (exact) mass is 477 g/mol. The minimum absolute atomic E-state index is 0.0484. The molecule has 1 aromatic heterocycles. The highest BCUT2D eigenvalue weighted by molar-refractivity contribution is 7.71. The number of carbonyl (C=O) groups is 2. The number of amides is 2. The second kappa shape index (κ2) is 9.81. The van der Waals surface area contributed by atoms with Crippen molar-refractivity contribution < 1.29 is 9.59 Å². The number of hydrogen-bond acceptors (Lipinski definition) is 4. The Morgan fingerprint density at radius 2 is 1.73 bits per heavy atom. The van der Waals surface area contributed by atoms with E-state index in [2.05, 4.69) is 20.8 Å². The van der Waals surface area contributed by atoms with E-state index in [0.717, 1.165) is 5.56 Å². The number of nitrogens with one attached hydrogen (secondary N) is 3. The smallest absolute Gasteiger partial charge is 0.256 e. The van der Waals surface area contributed by atoms with Crippen molar-refractivity contribution in [1.29, 1.82) is 0 Å². The summed E-state index contributed by atoms with van der Waals surface area (Å²) in [6.07, 6.45) is 0. The Bertz CT molecular complexity index is 1360. The normalized spacial score (nSPS) is 10.6. The van der Waals surface area contributed by atoms with Crippen molar-refractivity contribution >= 4 is 47.0 Å². The van der Waals surface area contributed by atoms with E-state index in [4.69, 9.17) is 23.8 Å². The van der Waals surface area contributed by atoms with Crippen molar-refractivity contribution in [3.8, 4) is 11.4 Å². The first-order chi connectivity index (χ1) is 15.9. The SMILES string of the molecule is Cc1c(NC(=O)Cn2c(-c3ccc(Cl)cc3)n[nH]c2=S)cccc1C(=O)Nc1ccccc1. The Balaban J connectivity index is 1.52. The fourth-order valence-corrected chi connectivity index (χ4v) is 3.68. The van der Waals surface area contributed by atoms with Crippen molar-refractivity contribution in [2.45, 2.75) is 13.5 Å². The van der Waals surface area contributed by atoms with E-state index in [0.29, 0.717) is 38.1 Å². The molecule has 0 unspecified atom stereocenters. The molecule has 9 heteroatoms. The van der Waals surface area contributed by atoms with Crippen molar-refractivity contribution in [3.63, 3.8) is 0 Å². The Hall–Kier alpha value is -3.75. The van der Waals surface area contributed by atoms with Crippen LogP contribution in [0.2, 0.25) is 5.02 Å². The maximum Gasteiger partial charge on any atom is 0.256 e. The third-order valence-corrected chi connectivity index (χ3v) is 5.61. The van der Waals surface area contributed by atoms with Gasteiger partial charge < -0.3 is 10.6 Å². The second-order valence-corrected chi connectivity index (χ2v) is 8.11. The number of halogens is 1. The zero-order chi connectivity index (χ0) is 23.4. The van der Waals surface area contributed by atoms with Gasteiger partial charge in [0.25, 0.3) is 5.91 Å². The maximum absolute atomic E-state index is 12.9. The molecule has 0 aliphatic carbocycles. The third kappa shape index (κ3) is 5.19. The first-order valence-corrected chi connectivity index (χ1v) is 10.9. The average Bonchev–Trinajstić information content (AvgIpc) is 3.16. The minimum atomic E-state index is -0.300. The summed E-state index contributed by atoms with van der Waals surface area (Å²) in [6, 6.07) is 21.5. The highest BCUT2D eigenvalue weighted by Gasteiger charge is 2.16. The zero-order valence-corrected chi connectivity index (χ0v) is 19.2. The lowest BCUT2D eigenvalue weighted by Crippen LogP contribution is -2.21. The van der Waals surface area contributed by atoms with Crippen LogP contribution >= 0.6 is 23.8 Å². The van der Waals surface area contributed by atoms with E-state index in [1.807, 2.05) is 30.3 Å². The molecule has 0 atom stereocenters. The van der Waals surface area contributed by atoms with Gasteiger partial charge in [-0.15, -0.1) is 0 Å². The number of carbonyl (C=O) groups excluding carboxylic acids is 2. The molecule has 0 saturated carbocycles. The highest BCUT2D eigenvalue weighted by atomic mass is 35.5. The summed E-state index contributed by atoms with van der Waals surface area (Å²) < 4.78 is 1.93. The average molecular weight is 478 g/mol. The topological polar surface area (TPSA) is 91.8 Å². The van der Waals surface area contributed by atoms with Gasteiger partial charge in [-0.1, -0.05) is 35.9 Å². The van der Waals surface area contributed by atoms with Gasteiger partial charge in [-0.05, 0) is 73.2 Å². The van der Waals surface area contributed by atoms with Crippen LogP contribution in [0.3, 0.4) is 0 Å². The minimum Gasteiger partial charge on any atom is -0.324 e. The lowest BCUT2D eigenvalue weighted by Gasteiger charge is -2.13. The van der Waals surface area contributed by atoms with Gasteiger partial charge in [-0.25, -0.2) is 0 Å². The lowest BCUT2D eigenvalue weighted by molar-refractivity contribution is -0.116. The summed E-state index contributed by atoms with van der Waals surface area (Å²) in [7, 11) is 0.